The zero-order valence-corrected chi connectivity index (χ0v) is 6.69. The Morgan fingerprint density at radius 1 is 1.60 bits per heavy atom. The summed E-state index contributed by atoms with van der Waals surface area (Å²) >= 11 is 0. The Labute approximate surface area is 66.3 Å². The van der Waals surface area contributed by atoms with Crippen LogP contribution in [-0.2, 0) is 9.53 Å². The highest BCUT2D eigenvalue weighted by Gasteiger charge is 2.34. The van der Waals surface area contributed by atoms with Gasteiger partial charge in [0, 0.05) is 6.04 Å². The van der Waals surface area contributed by atoms with Gasteiger partial charge in [-0.25, -0.2) is 0 Å². The minimum absolute atomic E-state index is 0. The Bertz CT molecular complexity index is 129. The molecule has 0 amide bonds. The summed E-state index contributed by atoms with van der Waals surface area (Å²) in [5.41, 5.74) is 5.50. The number of methoxy groups -OCH3 is 1. The van der Waals surface area contributed by atoms with Gasteiger partial charge in [-0.1, -0.05) is 0 Å². The summed E-state index contributed by atoms with van der Waals surface area (Å²) in [5, 5.41) is 0. The molecule has 0 unspecified atom stereocenters. The molecule has 1 fully saturated rings. The second-order valence-electron chi connectivity index (χ2n) is 2.37. The lowest BCUT2D eigenvalue weighted by Crippen LogP contribution is -2.44. The zero-order valence-electron chi connectivity index (χ0n) is 5.87. The Morgan fingerprint density at radius 3 is 2.30 bits per heavy atom. The molecule has 2 atom stereocenters. The van der Waals surface area contributed by atoms with E-state index in [0.717, 1.165) is 12.8 Å². The summed E-state index contributed by atoms with van der Waals surface area (Å²) in [4.78, 5) is 10.7. The van der Waals surface area contributed by atoms with Gasteiger partial charge in [-0.3, -0.25) is 4.79 Å². The maximum Gasteiger partial charge on any atom is 0.310 e. The Balaban J connectivity index is 0.000000810. The zero-order chi connectivity index (χ0) is 6.85. The van der Waals surface area contributed by atoms with E-state index < -0.39 is 0 Å². The normalized spacial score (nSPS) is 29.8. The largest absolute Gasteiger partial charge is 0.469 e. The maximum absolute atomic E-state index is 10.7. The van der Waals surface area contributed by atoms with Crippen molar-refractivity contribution in [3.63, 3.8) is 0 Å². The summed E-state index contributed by atoms with van der Waals surface area (Å²) in [6, 6.07) is 0.0532. The van der Waals surface area contributed by atoms with Crippen molar-refractivity contribution >= 4 is 18.4 Å². The highest BCUT2D eigenvalue weighted by molar-refractivity contribution is 5.85. The molecule has 1 aliphatic rings. The predicted octanol–water partition coefficient (Wildman–Crippen LogP) is 0.318. The number of halogens is 1. The van der Waals surface area contributed by atoms with E-state index in [9.17, 15) is 4.79 Å². The topological polar surface area (TPSA) is 52.3 Å². The lowest BCUT2D eigenvalue weighted by atomic mass is 9.80. The number of nitrogens with two attached hydrogens (primary N) is 1. The van der Waals surface area contributed by atoms with Crippen LogP contribution in [0.2, 0.25) is 0 Å². The second-order valence-corrected chi connectivity index (χ2v) is 2.37. The van der Waals surface area contributed by atoms with Crippen LogP contribution in [0.25, 0.3) is 0 Å². The first kappa shape index (κ1) is 9.72. The van der Waals surface area contributed by atoms with Crippen molar-refractivity contribution in [2.75, 3.05) is 7.11 Å². The van der Waals surface area contributed by atoms with E-state index in [-0.39, 0.29) is 30.3 Å². The van der Waals surface area contributed by atoms with Gasteiger partial charge in [0.1, 0.15) is 0 Å². The van der Waals surface area contributed by atoms with Gasteiger partial charge in [-0.05, 0) is 12.8 Å². The molecule has 3 nitrogen and oxygen atoms in total. The molecule has 0 spiro atoms. The number of ether oxygens (including phenoxy) is 1. The van der Waals surface area contributed by atoms with Crippen molar-refractivity contribution in [1.29, 1.82) is 0 Å². The van der Waals surface area contributed by atoms with Gasteiger partial charge in [0.15, 0.2) is 0 Å². The first-order chi connectivity index (χ1) is 4.25. The van der Waals surface area contributed by atoms with Crippen LogP contribution in [0.3, 0.4) is 0 Å². The van der Waals surface area contributed by atoms with Crippen molar-refractivity contribution < 1.29 is 9.53 Å². The highest BCUT2D eigenvalue weighted by Crippen LogP contribution is 2.25. The molecular weight excluding hydrogens is 154 g/mol. The molecule has 0 heterocycles. The van der Waals surface area contributed by atoms with Gasteiger partial charge in [0.25, 0.3) is 0 Å². The molecule has 0 saturated heterocycles. The molecule has 60 valence electrons. The average Bonchev–Trinajstić information content (AvgIpc) is 1.84. The molecule has 0 radical (unpaired) electrons. The van der Waals surface area contributed by atoms with Crippen LogP contribution in [0.5, 0.6) is 0 Å². The Morgan fingerprint density at radius 2 is 2.20 bits per heavy atom. The number of carbonyl (C=O) groups is 1. The first-order valence-corrected chi connectivity index (χ1v) is 3.09. The molecule has 2 N–H and O–H groups in total. The van der Waals surface area contributed by atoms with E-state index in [1.165, 1.54) is 7.11 Å². The summed E-state index contributed by atoms with van der Waals surface area (Å²) in [7, 11) is 1.40. The van der Waals surface area contributed by atoms with Crippen molar-refractivity contribution in [1.82, 2.24) is 0 Å². The predicted molar refractivity (Wildman–Crippen MR) is 40.0 cm³/mol. The minimum atomic E-state index is -0.159. The number of rotatable bonds is 1. The van der Waals surface area contributed by atoms with Gasteiger partial charge < -0.3 is 10.5 Å². The molecule has 0 aliphatic heterocycles. The third-order valence-corrected chi connectivity index (χ3v) is 1.83. The fourth-order valence-corrected chi connectivity index (χ4v) is 0.970. The molecule has 1 rings (SSSR count). The van der Waals surface area contributed by atoms with E-state index in [4.69, 9.17) is 5.73 Å². The standard InChI is InChI=1S/C6H11NO2.ClH/c1-9-6(8)4-2-3-5(4)7;/h4-5H,2-3,7H2,1H3;1H/t4-,5-;/m0./s1. The van der Waals surface area contributed by atoms with Gasteiger partial charge in [0.05, 0.1) is 13.0 Å². The summed E-state index contributed by atoms with van der Waals surface area (Å²) in [6.45, 7) is 0. The van der Waals surface area contributed by atoms with Crippen molar-refractivity contribution in [2.24, 2.45) is 11.7 Å². The van der Waals surface area contributed by atoms with Gasteiger partial charge >= 0.3 is 5.97 Å². The Kier molecular flexibility index (Phi) is 3.68. The maximum atomic E-state index is 10.7. The van der Waals surface area contributed by atoms with E-state index >= 15 is 0 Å². The van der Waals surface area contributed by atoms with Crippen molar-refractivity contribution in [2.45, 2.75) is 18.9 Å². The lowest BCUT2D eigenvalue weighted by molar-refractivity contribution is -0.149. The summed E-state index contributed by atoms with van der Waals surface area (Å²) < 4.78 is 4.51. The molecule has 0 aromatic carbocycles. The molecule has 4 heteroatoms. The van der Waals surface area contributed by atoms with E-state index in [1.807, 2.05) is 0 Å². The van der Waals surface area contributed by atoms with Gasteiger partial charge in [0.2, 0.25) is 0 Å². The van der Waals surface area contributed by atoms with Gasteiger partial charge in [-0.15, -0.1) is 12.4 Å². The molecule has 0 bridgehead atoms. The molecule has 10 heavy (non-hydrogen) atoms. The third-order valence-electron chi connectivity index (χ3n) is 1.83. The quantitative estimate of drug-likeness (QED) is 0.570. The summed E-state index contributed by atoms with van der Waals surface area (Å²) in [6.07, 6.45) is 1.85. The van der Waals surface area contributed by atoms with Crippen LogP contribution >= 0.6 is 12.4 Å². The number of carbonyl (C=O) groups excluding carboxylic acids is 1. The number of hydrogen-bond donors (Lipinski definition) is 1. The van der Waals surface area contributed by atoms with Crippen LogP contribution in [-0.4, -0.2) is 19.1 Å². The van der Waals surface area contributed by atoms with E-state index in [2.05, 4.69) is 4.74 Å². The lowest BCUT2D eigenvalue weighted by Gasteiger charge is -2.30. The van der Waals surface area contributed by atoms with Crippen LogP contribution < -0.4 is 5.73 Å². The second kappa shape index (κ2) is 3.78. The molecule has 0 aromatic heterocycles. The monoisotopic (exact) mass is 165 g/mol. The minimum Gasteiger partial charge on any atom is -0.469 e. The van der Waals surface area contributed by atoms with Gasteiger partial charge in [-0.2, -0.15) is 0 Å². The molecular formula is C6H12ClNO2. The van der Waals surface area contributed by atoms with E-state index in [1.54, 1.807) is 0 Å². The van der Waals surface area contributed by atoms with Crippen LogP contribution in [0.1, 0.15) is 12.8 Å². The van der Waals surface area contributed by atoms with Crippen molar-refractivity contribution in [3.05, 3.63) is 0 Å². The third kappa shape index (κ3) is 1.61. The fraction of sp³-hybridized carbons (Fsp3) is 0.833. The molecule has 1 aliphatic carbocycles. The van der Waals surface area contributed by atoms with Crippen LogP contribution in [0, 0.1) is 5.92 Å². The molecule has 1 saturated carbocycles. The first-order valence-electron chi connectivity index (χ1n) is 3.09. The average molecular weight is 166 g/mol. The van der Waals surface area contributed by atoms with E-state index in [0.29, 0.717) is 0 Å². The smallest absolute Gasteiger partial charge is 0.310 e. The SMILES string of the molecule is COC(=O)[C@H]1CC[C@@H]1N.Cl. The molecule has 0 aromatic rings. The van der Waals surface area contributed by atoms with Crippen molar-refractivity contribution in [3.8, 4) is 0 Å². The highest BCUT2D eigenvalue weighted by atomic mass is 35.5. The van der Waals surface area contributed by atoms with Crippen LogP contribution in [0.4, 0.5) is 0 Å². The number of esters is 1. The Hall–Kier alpha value is -0.280. The number of hydrogen-bond acceptors (Lipinski definition) is 3. The van der Waals surface area contributed by atoms with Crippen LogP contribution in [0.15, 0.2) is 0 Å². The fourth-order valence-electron chi connectivity index (χ4n) is 0.970. The summed E-state index contributed by atoms with van der Waals surface area (Å²) in [5.74, 6) is -0.177.